The molecule has 0 saturated carbocycles. The van der Waals surface area contributed by atoms with Crippen LogP contribution in [0.25, 0.3) is 0 Å². The standard InChI is InChI=1S/C31H37ClN2O4/c1-31(2,3)33-30(36)28(21-23-11-6-5-7-12-23)34(22-24-13-8-9-14-27(24)32)29(35)15-10-20-38-26-18-16-25(37-4)17-19-26/h5-9,11-14,16-19,28H,10,15,20-22H2,1-4H3,(H,33,36). The summed E-state index contributed by atoms with van der Waals surface area (Å²) in [4.78, 5) is 28.9. The first kappa shape index (κ1) is 29.1. The van der Waals surface area contributed by atoms with Crippen molar-refractivity contribution in [1.29, 1.82) is 0 Å². The number of amides is 2. The number of nitrogens with zero attached hydrogens (tertiary/aromatic N) is 1. The summed E-state index contributed by atoms with van der Waals surface area (Å²) in [5, 5.41) is 3.63. The van der Waals surface area contributed by atoms with Gasteiger partial charge < -0.3 is 19.7 Å². The maximum absolute atomic E-state index is 13.7. The third-order valence-electron chi connectivity index (χ3n) is 5.93. The van der Waals surface area contributed by atoms with Crippen molar-refractivity contribution >= 4 is 23.4 Å². The van der Waals surface area contributed by atoms with Crippen molar-refractivity contribution in [3.05, 3.63) is 95.0 Å². The van der Waals surface area contributed by atoms with Crippen LogP contribution in [0.1, 0.15) is 44.7 Å². The lowest BCUT2D eigenvalue weighted by molar-refractivity contribution is -0.142. The van der Waals surface area contributed by atoms with E-state index in [1.165, 1.54) is 0 Å². The Kier molecular flexibility index (Phi) is 10.6. The van der Waals surface area contributed by atoms with Crippen LogP contribution < -0.4 is 14.8 Å². The highest BCUT2D eigenvalue weighted by Gasteiger charge is 2.32. The van der Waals surface area contributed by atoms with Crippen LogP contribution in [-0.2, 0) is 22.6 Å². The molecule has 2 amide bonds. The molecule has 0 radical (unpaired) electrons. The molecule has 1 unspecified atom stereocenters. The molecule has 0 spiro atoms. The van der Waals surface area contributed by atoms with E-state index in [1.54, 1.807) is 18.1 Å². The summed E-state index contributed by atoms with van der Waals surface area (Å²) >= 11 is 6.47. The van der Waals surface area contributed by atoms with Gasteiger partial charge in [-0.1, -0.05) is 60.1 Å². The van der Waals surface area contributed by atoms with Gasteiger partial charge in [0.2, 0.25) is 11.8 Å². The maximum atomic E-state index is 13.7. The quantitative estimate of drug-likeness (QED) is 0.286. The lowest BCUT2D eigenvalue weighted by Gasteiger charge is -2.34. The molecule has 0 aliphatic heterocycles. The molecule has 0 heterocycles. The zero-order valence-electron chi connectivity index (χ0n) is 22.6. The number of carbonyl (C=O) groups is 2. The fourth-order valence-corrected chi connectivity index (χ4v) is 4.24. The number of benzene rings is 3. The van der Waals surface area contributed by atoms with Crippen molar-refractivity contribution < 1.29 is 19.1 Å². The molecule has 3 rings (SSSR count). The van der Waals surface area contributed by atoms with E-state index in [2.05, 4.69) is 5.32 Å². The molecule has 0 bridgehead atoms. The van der Waals surface area contributed by atoms with Gasteiger partial charge in [-0.2, -0.15) is 0 Å². The summed E-state index contributed by atoms with van der Waals surface area (Å²) in [6, 6.07) is 23.8. The summed E-state index contributed by atoms with van der Waals surface area (Å²) in [6.07, 6.45) is 1.12. The van der Waals surface area contributed by atoms with Crippen molar-refractivity contribution in [2.45, 2.75) is 58.2 Å². The highest BCUT2D eigenvalue weighted by atomic mass is 35.5. The van der Waals surface area contributed by atoms with Gasteiger partial charge in [-0.05, 0) is 68.7 Å². The Hall–Kier alpha value is -3.51. The van der Waals surface area contributed by atoms with Gasteiger partial charge in [0.25, 0.3) is 0 Å². The molecule has 0 aromatic heterocycles. The SMILES string of the molecule is COc1ccc(OCCCC(=O)N(Cc2ccccc2Cl)C(Cc2ccccc2)C(=O)NC(C)(C)C)cc1. The molecule has 0 saturated heterocycles. The maximum Gasteiger partial charge on any atom is 0.243 e. The van der Waals surface area contributed by atoms with Crippen LogP contribution >= 0.6 is 11.6 Å². The molecule has 6 nitrogen and oxygen atoms in total. The molecule has 1 atom stereocenters. The summed E-state index contributed by atoms with van der Waals surface area (Å²) in [5.41, 5.74) is 1.32. The van der Waals surface area contributed by atoms with Crippen molar-refractivity contribution in [2.75, 3.05) is 13.7 Å². The van der Waals surface area contributed by atoms with Gasteiger partial charge in [0.05, 0.1) is 13.7 Å². The van der Waals surface area contributed by atoms with Gasteiger partial charge in [-0.25, -0.2) is 0 Å². The Morgan fingerprint density at radius 1 is 0.921 bits per heavy atom. The van der Waals surface area contributed by atoms with Gasteiger partial charge in [0, 0.05) is 29.9 Å². The number of halogens is 1. The molecule has 0 aliphatic carbocycles. The van der Waals surface area contributed by atoms with Gasteiger partial charge in [0.1, 0.15) is 17.5 Å². The number of carbonyl (C=O) groups excluding carboxylic acids is 2. The van der Waals surface area contributed by atoms with Crippen LogP contribution in [0.3, 0.4) is 0 Å². The summed E-state index contributed by atoms with van der Waals surface area (Å²) in [6.45, 7) is 6.39. The molecule has 0 aliphatic rings. The first-order valence-corrected chi connectivity index (χ1v) is 13.2. The van der Waals surface area contributed by atoms with Gasteiger partial charge in [-0.3, -0.25) is 9.59 Å². The minimum atomic E-state index is -0.706. The van der Waals surface area contributed by atoms with Crippen LogP contribution in [0.15, 0.2) is 78.9 Å². The molecule has 202 valence electrons. The van der Waals surface area contributed by atoms with E-state index in [-0.39, 0.29) is 24.8 Å². The minimum Gasteiger partial charge on any atom is -0.497 e. The lowest BCUT2D eigenvalue weighted by atomic mass is 10.00. The lowest BCUT2D eigenvalue weighted by Crippen LogP contribution is -2.54. The largest absolute Gasteiger partial charge is 0.497 e. The van der Waals surface area contributed by atoms with Crippen molar-refractivity contribution in [1.82, 2.24) is 10.2 Å². The Labute approximate surface area is 230 Å². The van der Waals surface area contributed by atoms with E-state index in [0.29, 0.717) is 30.2 Å². The number of hydrogen-bond acceptors (Lipinski definition) is 4. The number of ether oxygens (including phenoxy) is 2. The average Bonchev–Trinajstić information content (AvgIpc) is 2.89. The normalized spacial score (nSPS) is 11.9. The van der Waals surface area contributed by atoms with Crippen molar-refractivity contribution in [3.8, 4) is 11.5 Å². The highest BCUT2D eigenvalue weighted by Crippen LogP contribution is 2.22. The van der Waals surface area contributed by atoms with E-state index in [9.17, 15) is 9.59 Å². The Bertz CT molecular complexity index is 1180. The van der Waals surface area contributed by atoms with E-state index in [0.717, 1.165) is 16.9 Å². The first-order chi connectivity index (χ1) is 18.2. The van der Waals surface area contributed by atoms with Gasteiger partial charge in [-0.15, -0.1) is 0 Å². The fraction of sp³-hybridized carbons (Fsp3) is 0.355. The molecule has 38 heavy (non-hydrogen) atoms. The van der Waals surface area contributed by atoms with Crippen molar-refractivity contribution in [2.24, 2.45) is 0 Å². The summed E-state index contributed by atoms with van der Waals surface area (Å²) in [5.74, 6) is 1.13. The number of hydrogen-bond donors (Lipinski definition) is 1. The molecule has 3 aromatic rings. The molecule has 0 fully saturated rings. The van der Waals surface area contributed by atoms with Crippen LogP contribution in [0.4, 0.5) is 0 Å². The predicted octanol–water partition coefficient (Wildman–Crippen LogP) is 6.06. The Balaban J connectivity index is 1.80. The zero-order valence-corrected chi connectivity index (χ0v) is 23.3. The fourth-order valence-electron chi connectivity index (χ4n) is 4.05. The Morgan fingerprint density at radius 2 is 1.55 bits per heavy atom. The van der Waals surface area contributed by atoms with Crippen LogP contribution in [0.5, 0.6) is 11.5 Å². The van der Waals surface area contributed by atoms with Gasteiger partial charge >= 0.3 is 0 Å². The predicted molar refractivity (Wildman–Crippen MR) is 152 cm³/mol. The molecule has 3 aromatic carbocycles. The number of methoxy groups -OCH3 is 1. The smallest absolute Gasteiger partial charge is 0.243 e. The molecule has 1 N–H and O–H groups in total. The highest BCUT2D eigenvalue weighted by molar-refractivity contribution is 6.31. The van der Waals surface area contributed by atoms with E-state index < -0.39 is 11.6 Å². The second-order valence-electron chi connectivity index (χ2n) is 10.2. The number of nitrogens with one attached hydrogen (secondary N) is 1. The van der Waals surface area contributed by atoms with E-state index in [4.69, 9.17) is 21.1 Å². The van der Waals surface area contributed by atoms with E-state index >= 15 is 0 Å². The second kappa shape index (κ2) is 13.9. The average molecular weight is 537 g/mol. The summed E-state index contributed by atoms with van der Waals surface area (Å²) < 4.78 is 11.0. The van der Waals surface area contributed by atoms with Crippen LogP contribution in [-0.4, -0.2) is 42.0 Å². The third-order valence-corrected chi connectivity index (χ3v) is 6.30. The first-order valence-electron chi connectivity index (χ1n) is 12.8. The zero-order chi connectivity index (χ0) is 27.5. The second-order valence-corrected chi connectivity index (χ2v) is 10.6. The topological polar surface area (TPSA) is 67.9 Å². The monoisotopic (exact) mass is 536 g/mol. The molecule has 7 heteroatoms. The third kappa shape index (κ3) is 9.10. The van der Waals surface area contributed by atoms with Gasteiger partial charge in [0.15, 0.2) is 0 Å². The Morgan fingerprint density at radius 3 is 2.18 bits per heavy atom. The van der Waals surface area contributed by atoms with Crippen LogP contribution in [0.2, 0.25) is 5.02 Å². The van der Waals surface area contributed by atoms with Crippen molar-refractivity contribution in [3.63, 3.8) is 0 Å². The molecular weight excluding hydrogens is 500 g/mol. The summed E-state index contributed by atoms with van der Waals surface area (Å²) in [7, 11) is 1.61. The molecular formula is C31H37ClN2O4. The number of rotatable bonds is 12. The van der Waals surface area contributed by atoms with E-state index in [1.807, 2.05) is 93.6 Å². The minimum absolute atomic E-state index is 0.131. The van der Waals surface area contributed by atoms with Crippen LogP contribution in [0, 0.1) is 0 Å².